The van der Waals surface area contributed by atoms with Crippen molar-refractivity contribution in [2.24, 2.45) is 17.1 Å². The second-order valence-electron chi connectivity index (χ2n) is 3.90. The molecule has 1 aliphatic carbocycles. The van der Waals surface area contributed by atoms with Crippen LogP contribution in [0.5, 0.6) is 0 Å². The normalized spacial score (nSPS) is 35.9. The minimum absolute atomic E-state index is 0.150. The van der Waals surface area contributed by atoms with Crippen LogP contribution in [0.3, 0.4) is 0 Å². The molecule has 12 heavy (non-hydrogen) atoms. The standard InChI is InChI=1S/C9H15NO2/c1-9(8(10)12)4-2-7(6-11)3-5-9/h6-7H,2-5H2,1H3,(H2,10,12). The number of hydrogen-bond acceptors (Lipinski definition) is 2. The van der Waals surface area contributed by atoms with E-state index in [0.717, 1.165) is 32.0 Å². The number of carbonyl (C=O) groups is 2. The summed E-state index contributed by atoms with van der Waals surface area (Å²) in [6.45, 7) is 1.89. The van der Waals surface area contributed by atoms with Crippen LogP contribution in [0.1, 0.15) is 32.6 Å². The molecular formula is C9H15NO2. The van der Waals surface area contributed by atoms with Crippen LogP contribution >= 0.6 is 0 Å². The molecule has 0 saturated heterocycles. The number of nitrogens with two attached hydrogens (primary N) is 1. The van der Waals surface area contributed by atoms with Gasteiger partial charge in [0.1, 0.15) is 6.29 Å². The summed E-state index contributed by atoms with van der Waals surface area (Å²) in [5.74, 6) is -0.0794. The van der Waals surface area contributed by atoms with E-state index in [1.54, 1.807) is 0 Å². The lowest BCUT2D eigenvalue weighted by Crippen LogP contribution is -2.37. The Morgan fingerprint density at radius 3 is 2.33 bits per heavy atom. The van der Waals surface area contributed by atoms with Gasteiger partial charge in [-0.25, -0.2) is 0 Å². The molecule has 0 aromatic heterocycles. The molecule has 0 aromatic carbocycles. The zero-order valence-electron chi connectivity index (χ0n) is 7.38. The molecule has 0 spiro atoms. The van der Waals surface area contributed by atoms with Gasteiger partial charge in [0.15, 0.2) is 0 Å². The third kappa shape index (κ3) is 1.65. The van der Waals surface area contributed by atoms with Crippen LogP contribution in [-0.2, 0) is 9.59 Å². The van der Waals surface area contributed by atoms with Gasteiger partial charge in [0.05, 0.1) is 0 Å². The minimum atomic E-state index is -0.362. The van der Waals surface area contributed by atoms with Gasteiger partial charge in [-0.15, -0.1) is 0 Å². The van der Waals surface area contributed by atoms with Crippen molar-refractivity contribution in [2.45, 2.75) is 32.6 Å². The monoisotopic (exact) mass is 169 g/mol. The zero-order valence-corrected chi connectivity index (χ0v) is 7.38. The Bertz CT molecular complexity index is 193. The van der Waals surface area contributed by atoms with Gasteiger partial charge in [-0.1, -0.05) is 6.92 Å². The molecular weight excluding hydrogens is 154 g/mol. The number of amides is 1. The molecule has 1 amide bonds. The first-order valence-electron chi connectivity index (χ1n) is 4.34. The molecule has 0 heterocycles. The summed E-state index contributed by atoms with van der Waals surface area (Å²) in [5, 5.41) is 0. The highest BCUT2D eigenvalue weighted by atomic mass is 16.1. The highest BCUT2D eigenvalue weighted by Gasteiger charge is 2.35. The summed E-state index contributed by atoms with van der Waals surface area (Å²) in [6, 6.07) is 0. The van der Waals surface area contributed by atoms with Crippen molar-refractivity contribution < 1.29 is 9.59 Å². The molecule has 68 valence electrons. The summed E-state index contributed by atoms with van der Waals surface area (Å²) in [4.78, 5) is 21.4. The number of aldehydes is 1. The van der Waals surface area contributed by atoms with Crippen LogP contribution in [0.4, 0.5) is 0 Å². The van der Waals surface area contributed by atoms with E-state index in [0.29, 0.717) is 0 Å². The summed E-state index contributed by atoms with van der Waals surface area (Å²) in [5.41, 5.74) is 4.90. The van der Waals surface area contributed by atoms with Gasteiger partial charge in [-0.2, -0.15) is 0 Å². The fourth-order valence-electron chi connectivity index (χ4n) is 1.66. The van der Waals surface area contributed by atoms with E-state index in [1.807, 2.05) is 6.92 Å². The van der Waals surface area contributed by atoms with Gasteiger partial charge >= 0.3 is 0 Å². The maximum atomic E-state index is 11.0. The molecule has 1 saturated carbocycles. The van der Waals surface area contributed by atoms with E-state index in [4.69, 9.17) is 5.73 Å². The quantitative estimate of drug-likeness (QED) is 0.623. The van der Waals surface area contributed by atoms with Crippen molar-refractivity contribution in [3.63, 3.8) is 0 Å². The lowest BCUT2D eigenvalue weighted by atomic mass is 9.72. The van der Waals surface area contributed by atoms with E-state index in [9.17, 15) is 9.59 Å². The van der Waals surface area contributed by atoms with Crippen molar-refractivity contribution in [3.05, 3.63) is 0 Å². The van der Waals surface area contributed by atoms with Crippen molar-refractivity contribution in [3.8, 4) is 0 Å². The van der Waals surface area contributed by atoms with Gasteiger partial charge in [0.25, 0.3) is 0 Å². The Labute approximate surface area is 72.3 Å². The second-order valence-corrected chi connectivity index (χ2v) is 3.90. The molecule has 0 bridgehead atoms. The van der Waals surface area contributed by atoms with Crippen molar-refractivity contribution in [1.82, 2.24) is 0 Å². The Morgan fingerprint density at radius 1 is 1.50 bits per heavy atom. The summed E-state index contributed by atoms with van der Waals surface area (Å²) in [6.07, 6.45) is 4.12. The van der Waals surface area contributed by atoms with E-state index >= 15 is 0 Å². The van der Waals surface area contributed by atoms with Gasteiger partial charge < -0.3 is 10.5 Å². The predicted molar refractivity (Wildman–Crippen MR) is 45.3 cm³/mol. The first kappa shape index (κ1) is 9.23. The fraction of sp³-hybridized carbons (Fsp3) is 0.778. The van der Waals surface area contributed by atoms with Crippen molar-refractivity contribution in [1.29, 1.82) is 0 Å². The van der Waals surface area contributed by atoms with Crippen LogP contribution < -0.4 is 5.73 Å². The predicted octanol–water partition coefficient (Wildman–Crippen LogP) is 0.867. The van der Waals surface area contributed by atoms with Gasteiger partial charge in [-0.05, 0) is 25.7 Å². The van der Waals surface area contributed by atoms with E-state index < -0.39 is 0 Å². The average Bonchev–Trinajstić information content (AvgIpc) is 2.06. The second kappa shape index (κ2) is 3.25. The van der Waals surface area contributed by atoms with E-state index in [2.05, 4.69) is 0 Å². The number of hydrogen-bond donors (Lipinski definition) is 1. The van der Waals surface area contributed by atoms with E-state index in [-0.39, 0.29) is 17.2 Å². The topological polar surface area (TPSA) is 60.2 Å². The lowest BCUT2D eigenvalue weighted by Gasteiger charge is -2.32. The smallest absolute Gasteiger partial charge is 0.223 e. The summed E-state index contributed by atoms with van der Waals surface area (Å²) >= 11 is 0. The molecule has 0 atom stereocenters. The first-order chi connectivity index (χ1) is 5.58. The molecule has 0 unspecified atom stereocenters. The van der Waals surface area contributed by atoms with Crippen LogP contribution in [0, 0.1) is 11.3 Å². The fourth-order valence-corrected chi connectivity index (χ4v) is 1.66. The zero-order chi connectivity index (χ0) is 9.19. The maximum Gasteiger partial charge on any atom is 0.223 e. The molecule has 0 radical (unpaired) electrons. The lowest BCUT2D eigenvalue weighted by molar-refractivity contribution is -0.130. The molecule has 2 N–H and O–H groups in total. The number of primary amides is 1. The van der Waals surface area contributed by atoms with Crippen molar-refractivity contribution in [2.75, 3.05) is 0 Å². The minimum Gasteiger partial charge on any atom is -0.369 e. The summed E-state index contributed by atoms with van der Waals surface area (Å²) in [7, 11) is 0. The summed E-state index contributed by atoms with van der Waals surface area (Å²) < 4.78 is 0. The molecule has 3 nitrogen and oxygen atoms in total. The average molecular weight is 169 g/mol. The van der Waals surface area contributed by atoms with Gasteiger partial charge in [0.2, 0.25) is 5.91 Å². The van der Waals surface area contributed by atoms with Crippen LogP contribution in [-0.4, -0.2) is 12.2 Å². The Kier molecular flexibility index (Phi) is 2.50. The van der Waals surface area contributed by atoms with Crippen LogP contribution in [0.2, 0.25) is 0 Å². The van der Waals surface area contributed by atoms with E-state index in [1.165, 1.54) is 0 Å². The highest BCUT2D eigenvalue weighted by molar-refractivity contribution is 5.80. The van der Waals surface area contributed by atoms with Crippen LogP contribution in [0.15, 0.2) is 0 Å². The Morgan fingerprint density at radius 2 is 2.00 bits per heavy atom. The van der Waals surface area contributed by atoms with Gasteiger partial charge in [0, 0.05) is 11.3 Å². The maximum absolute atomic E-state index is 11.0. The van der Waals surface area contributed by atoms with Gasteiger partial charge in [-0.3, -0.25) is 4.79 Å². The molecule has 1 rings (SSSR count). The van der Waals surface area contributed by atoms with Crippen LogP contribution in [0.25, 0.3) is 0 Å². The highest BCUT2D eigenvalue weighted by Crippen LogP contribution is 2.37. The number of carbonyl (C=O) groups excluding carboxylic acids is 2. The molecule has 1 fully saturated rings. The molecule has 3 heteroatoms. The molecule has 1 aliphatic rings. The Hall–Kier alpha value is -0.860. The number of rotatable bonds is 2. The largest absolute Gasteiger partial charge is 0.369 e. The molecule has 0 aliphatic heterocycles. The van der Waals surface area contributed by atoms with Crippen molar-refractivity contribution >= 4 is 12.2 Å². The third-order valence-electron chi connectivity index (χ3n) is 2.92. The third-order valence-corrected chi connectivity index (χ3v) is 2.92. The SMILES string of the molecule is CC1(C(N)=O)CCC(C=O)CC1. The first-order valence-corrected chi connectivity index (χ1v) is 4.34. The Balaban J connectivity index is 2.55. The molecule has 0 aromatic rings.